The molecule has 8 N–H and O–H groups in total. The van der Waals surface area contributed by atoms with Crippen molar-refractivity contribution in [2.75, 3.05) is 86.0 Å². The van der Waals surface area contributed by atoms with Crippen LogP contribution in [0.5, 0.6) is 0 Å². The molecule has 37 heteroatoms. The van der Waals surface area contributed by atoms with Gasteiger partial charge in [-0.05, 0) is 30.8 Å². The number of carbonyl (C=O) groups excluding carboxylic acids is 4. The number of anilines is 1. The van der Waals surface area contributed by atoms with Gasteiger partial charge < -0.3 is 87.8 Å². The lowest BCUT2D eigenvalue weighted by atomic mass is 10.0. The molecule has 0 aliphatic carbocycles. The summed E-state index contributed by atoms with van der Waals surface area (Å²) in [5.41, 5.74) is 6.28. The zero-order valence-corrected chi connectivity index (χ0v) is 57.7. The Labute approximate surface area is 586 Å². The number of esters is 1. The van der Waals surface area contributed by atoms with Gasteiger partial charge in [0.2, 0.25) is 11.8 Å². The predicted octanol–water partition coefficient (Wildman–Crippen LogP) is 0.443. The Kier molecular flexibility index (Phi) is 24.5. The molecule has 4 aliphatic rings. The number of benzene rings is 3. The number of amides is 2. The molecule has 7 aromatic rings. The van der Waals surface area contributed by atoms with Gasteiger partial charge >= 0.3 is 17.3 Å². The number of aldehydes is 1. The molecule has 548 valence electrons. The van der Waals surface area contributed by atoms with E-state index in [1.54, 1.807) is 10.8 Å². The lowest BCUT2D eigenvalue weighted by Gasteiger charge is -2.35. The zero-order valence-electron chi connectivity index (χ0n) is 55.9. The van der Waals surface area contributed by atoms with E-state index in [0.29, 0.717) is 54.6 Å². The van der Waals surface area contributed by atoms with Crippen LogP contribution in [0.2, 0.25) is 0 Å². The molecule has 11 rings (SSSR count). The summed E-state index contributed by atoms with van der Waals surface area (Å²) >= 11 is 0. The first-order valence-electron chi connectivity index (χ1n) is 32.7. The lowest BCUT2D eigenvalue weighted by Crippen LogP contribution is -2.38. The number of likely N-dealkylation sites (N-methyl/N-ethyl adjacent to an activating group) is 1. The first-order valence-corrected chi connectivity index (χ1v) is 35.6. The summed E-state index contributed by atoms with van der Waals surface area (Å²) in [5, 5.41) is 20.0. The number of hydrogen-bond donors (Lipinski definition) is 7. The van der Waals surface area contributed by atoms with Gasteiger partial charge in [0, 0.05) is 101 Å². The van der Waals surface area contributed by atoms with E-state index in [1.807, 2.05) is 73.6 Å². The Hall–Kier alpha value is -9.02. The number of methoxy groups -OCH3 is 1. The van der Waals surface area contributed by atoms with Crippen LogP contribution in [0.3, 0.4) is 0 Å². The first-order chi connectivity index (χ1) is 49.4. The van der Waals surface area contributed by atoms with Crippen molar-refractivity contribution in [3.05, 3.63) is 168 Å². The topological polar surface area (TPSA) is 461 Å². The van der Waals surface area contributed by atoms with E-state index in [1.165, 1.54) is 37.7 Å². The standard InChI is InChI=1S/C66H77N13O22P2/c1-75(2)25-23-68-22-19-53(82)70-29-54(83)69-21-7-10-44-31-78(65(87)73-62(44)85)56-27-48(51(97-56)35-93-3)100-103(91,92)95-37-52-49(28-57(98-52)79-33-46(63(86)74-66(79)88)42-13-11-40(34-80)12-14-42)101-102(89,90)94-36-50-47(81)26-55(96-50)77-32-45(59-60(67)71-38-72-61(59)77)41-15-17-43(18-16-41)64-76(24-20-58(84)99-64)30-39-8-5-4-6-9-39/h4-6,8-9,11-18,31-34,38,47-52,55-57,64,68,81H,19-30,35-37H2,1-3H3,(H,69,83)(H,70,82)(H,89,90)(H,91,92)(H2,67,71,72)(H,73,85,87)(H,74,86,88)/p-2/t47-,48-,49-,50+,51+,52+,55+,56+,57+,64?/m0/s1. The Morgan fingerprint density at radius 2 is 1.37 bits per heavy atom. The summed E-state index contributed by atoms with van der Waals surface area (Å²) in [6.45, 7) is 0.137. The molecule has 4 aliphatic heterocycles. The summed E-state index contributed by atoms with van der Waals surface area (Å²) in [5.74, 6) is 4.05. The maximum Gasteiger partial charge on any atom is 0.330 e. The summed E-state index contributed by atoms with van der Waals surface area (Å²) in [6, 6.07) is 22.9. The van der Waals surface area contributed by atoms with Crippen LogP contribution >= 0.6 is 15.6 Å². The molecule has 3 aromatic carbocycles. The van der Waals surface area contributed by atoms with Crippen LogP contribution in [0.25, 0.3) is 33.3 Å². The number of nitrogen functional groups attached to an aromatic ring is 1. The van der Waals surface area contributed by atoms with Crippen molar-refractivity contribution in [3.63, 3.8) is 0 Å². The molecular weight excluding hydrogens is 1390 g/mol. The van der Waals surface area contributed by atoms with Crippen LogP contribution < -0.4 is 54.0 Å². The minimum Gasteiger partial charge on any atom is -0.756 e. The second-order valence-corrected chi connectivity index (χ2v) is 27.5. The molecule has 4 fully saturated rings. The third-order valence-corrected chi connectivity index (χ3v) is 19.3. The number of aliphatic hydroxyl groups excluding tert-OH is 1. The highest BCUT2D eigenvalue weighted by atomic mass is 31.2. The van der Waals surface area contributed by atoms with Crippen molar-refractivity contribution in [2.24, 2.45) is 0 Å². The van der Waals surface area contributed by atoms with E-state index in [4.69, 9.17) is 47.5 Å². The van der Waals surface area contributed by atoms with E-state index in [0.717, 1.165) is 39.2 Å². The quantitative estimate of drug-likeness (QED) is 0.0106. The smallest absolute Gasteiger partial charge is 0.330 e. The molecule has 0 saturated carbocycles. The highest BCUT2D eigenvalue weighted by Crippen LogP contribution is 2.49. The number of carbonyl (C=O) groups is 4. The van der Waals surface area contributed by atoms with Crippen LogP contribution in [-0.2, 0) is 71.8 Å². The largest absolute Gasteiger partial charge is 0.756 e. The number of hydrogen-bond acceptors (Lipinski definition) is 28. The van der Waals surface area contributed by atoms with Gasteiger partial charge in [-0.15, -0.1) is 0 Å². The third kappa shape index (κ3) is 19.1. The predicted molar refractivity (Wildman–Crippen MR) is 360 cm³/mol. The molecule has 2 amide bonds. The van der Waals surface area contributed by atoms with Crippen molar-refractivity contribution >= 4 is 56.6 Å². The molecule has 103 heavy (non-hydrogen) atoms. The van der Waals surface area contributed by atoms with Gasteiger partial charge in [-0.3, -0.25) is 61.9 Å². The zero-order chi connectivity index (χ0) is 73.1. The van der Waals surface area contributed by atoms with Crippen LogP contribution in [0, 0.1) is 11.8 Å². The van der Waals surface area contributed by atoms with E-state index >= 15 is 0 Å². The Bertz CT molecular complexity index is 4620. The average molecular weight is 1460 g/mol. The van der Waals surface area contributed by atoms with Gasteiger partial charge in [-0.1, -0.05) is 90.7 Å². The van der Waals surface area contributed by atoms with E-state index in [-0.39, 0.29) is 85.3 Å². The fourth-order valence-electron chi connectivity index (χ4n) is 12.1. The van der Waals surface area contributed by atoms with Gasteiger partial charge in [0.25, 0.3) is 26.8 Å². The fraction of sp³-hybridized carbons (Fsp3) is 0.424. The van der Waals surface area contributed by atoms with Crippen molar-refractivity contribution in [1.82, 2.24) is 59.4 Å². The molecule has 0 radical (unpaired) electrons. The monoisotopic (exact) mass is 1460 g/mol. The van der Waals surface area contributed by atoms with Crippen LogP contribution in [0.15, 0.2) is 123 Å². The molecular formula is C66H75N13O22P2-2. The highest BCUT2D eigenvalue weighted by molar-refractivity contribution is 7.46. The van der Waals surface area contributed by atoms with Gasteiger partial charge in [0.1, 0.15) is 66.6 Å². The second-order valence-electron chi connectivity index (χ2n) is 24.8. The van der Waals surface area contributed by atoms with E-state index in [2.05, 4.69) is 52.6 Å². The number of aliphatic hydroxyl groups is 1. The van der Waals surface area contributed by atoms with Crippen molar-refractivity contribution in [1.29, 1.82) is 0 Å². The number of ether oxygens (including phenoxy) is 5. The molecule has 4 saturated heterocycles. The Balaban J connectivity index is 0.754. The number of nitrogens with two attached hydrogens (primary N) is 1. The molecule has 8 heterocycles. The normalized spacial score (nSPS) is 23.2. The van der Waals surface area contributed by atoms with Gasteiger partial charge in [-0.2, -0.15) is 0 Å². The van der Waals surface area contributed by atoms with E-state index < -0.39 is 125 Å². The number of aromatic amines is 2. The number of H-pyrrole nitrogens is 2. The molecule has 12 atom stereocenters. The molecule has 4 aromatic heterocycles. The SMILES string of the molecule is COC[C@H]1O[C@@H](n2cc(C#CCNC(=O)CNC(=O)CCNCCN(C)C)c(=O)[nH]c2=O)C[C@@H]1OP(=O)([O-])OC[C@H]1O[C@@H](n2cc(-c3ccc(C=O)cc3)c(=O)[nH]c2=O)C[C@@H]1OP(=O)([O-])OC[C@H]1O[C@@H](n2cc(-c3ccc(C4OC(=O)CCN4Cc4ccccc4)cc3)c3c(N)ncnc32)C[C@@H]1O. The van der Waals surface area contributed by atoms with Crippen molar-refractivity contribution in [2.45, 2.75) is 100 Å². The first kappa shape index (κ1) is 75.1. The fourth-order valence-corrected chi connectivity index (χ4v) is 14.0. The van der Waals surface area contributed by atoms with Crippen LogP contribution in [0.1, 0.15) is 84.1 Å². The number of nitrogens with one attached hydrogen (secondary N) is 5. The summed E-state index contributed by atoms with van der Waals surface area (Å²) < 4.78 is 82.7. The van der Waals surface area contributed by atoms with Crippen molar-refractivity contribution < 1.29 is 85.0 Å². The number of aromatic nitrogens is 7. The number of phosphoric ester groups is 2. The maximum absolute atomic E-state index is 14.0. The molecule has 35 nitrogen and oxygen atoms in total. The number of phosphoric acid groups is 2. The number of nitrogens with zero attached hydrogens (tertiary/aromatic N) is 7. The van der Waals surface area contributed by atoms with Gasteiger partial charge in [0.05, 0.1) is 68.6 Å². The third-order valence-electron chi connectivity index (χ3n) is 17.3. The Morgan fingerprint density at radius 3 is 2.04 bits per heavy atom. The van der Waals surface area contributed by atoms with Gasteiger partial charge in [0.15, 0.2) is 6.23 Å². The molecule has 0 bridgehead atoms. The number of cyclic esters (lactones) is 1. The molecule has 3 unspecified atom stereocenters. The summed E-state index contributed by atoms with van der Waals surface area (Å²) in [7, 11) is -6.01. The lowest BCUT2D eigenvalue weighted by molar-refractivity contribution is -0.238. The minimum atomic E-state index is -5.57. The van der Waals surface area contributed by atoms with E-state index in [9.17, 15) is 62.4 Å². The average Bonchev–Trinajstić information content (AvgIpc) is 1.61. The van der Waals surface area contributed by atoms with Crippen molar-refractivity contribution in [3.8, 4) is 34.1 Å². The molecule has 0 spiro atoms. The van der Waals surface area contributed by atoms with Crippen LogP contribution in [-0.4, -0.2) is 190 Å². The summed E-state index contributed by atoms with van der Waals surface area (Å²) in [6.07, 6.45) is -8.11. The number of fused-ring (bicyclic) bond motifs is 1. The van der Waals surface area contributed by atoms with Gasteiger partial charge in [-0.25, -0.2) is 19.6 Å². The minimum absolute atomic E-state index is 0.0847. The highest BCUT2D eigenvalue weighted by Gasteiger charge is 2.44. The second kappa shape index (κ2) is 33.6. The maximum atomic E-state index is 14.0. The number of rotatable bonds is 30. The summed E-state index contributed by atoms with van der Waals surface area (Å²) in [4.78, 5) is 147. The van der Waals surface area contributed by atoms with Crippen LogP contribution in [0.4, 0.5) is 5.82 Å². The Morgan fingerprint density at radius 1 is 0.757 bits per heavy atom.